The van der Waals surface area contributed by atoms with Gasteiger partial charge in [0.05, 0.1) is 10.2 Å². The van der Waals surface area contributed by atoms with Crippen LogP contribution in [-0.4, -0.2) is 12.0 Å². The van der Waals surface area contributed by atoms with Crippen LogP contribution in [0.1, 0.15) is 0 Å². The second-order valence-electron chi connectivity index (χ2n) is 0.781. The van der Waals surface area contributed by atoms with Crippen molar-refractivity contribution in [3.8, 4) is 0 Å². The first-order valence-corrected chi connectivity index (χ1v) is 4.45. The highest BCUT2D eigenvalue weighted by atomic mass is 80.0. The molecule has 0 aliphatic heterocycles. The van der Waals surface area contributed by atoms with Gasteiger partial charge in [0.1, 0.15) is 1.77 Å². The second kappa shape index (κ2) is 2.09. The third-order valence-electron chi connectivity index (χ3n) is 0. The molecule has 0 saturated heterocycles. The lowest BCUT2D eigenvalue weighted by atomic mass is 11.9. The van der Waals surface area contributed by atoms with E-state index < -0.39 is 0 Å². The lowest BCUT2D eigenvalue weighted by molar-refractivity contribution is 2.03. The van der Waals surface area contributed by atoms with Crippen LogP contribution in [0.5, 0.6) is 0 Å². The predicted octanol–water partition coefficient (Wildman–Crippen LogP) is 1.15. The van der Waals surface area contributed by atoms with E-state index in [4.69, 9.17) is 0 Å². The van der Waals surface area contributed by atoms with E-state index in [1.54, 1.807) is 0 Å². The zero-order chi connectivity index (χ0) is 4.50. The Bertz CT molecular complexity index is 22.4. The van der Waals surface area contributed by atoms with E-state index in [-0.39, 0.29) is 1.77 Å². The summed E-state index contributed by atoms with van der Waals surface area (Å²) >= 11 is 9.81. The number of hydrogen-bond donors (Lipinski definition) is 0. The van der Waals surface area contributed by atoms with Crippen LogP contribution in [0.2, 0.25) is 0 Å². The van der Waals surface area contributed by atoms with Crippen molar-refractivity contribution in [3.63, 3.8) is 0 Å². The molecule has 0 atom stereocenters. The highest BCUT2D eigenvalue weighted by Crippen LogP contribution is 2.27. The fraction of sp³-hybridized carbons (Fsp3) is 1.00. The Kier molecular flexibility index (Phi) is 2.79. The highest BCUT2D eigenvalue weighted by molar-refractivity contribution is 9.40. The van der Waals surface area contributed by atoms with E-state index in [0.717, 1.165) is 10.2 Å². The maximum atomic E-state index is 3.27. The molecule has 0 aromatic carbocycles. The summed E-state index contributed by atoms with van der Waals surface area (Å²) in [5, 5.41) is 0. The van der Waals surface area contributed by atoms with Crippen LogP contribution in [0.3, 0.4) is 0 Å². The first-order chi connectivity index (χ1) is 2.00. The van der Waals surface area contributed by atoms with Gasteiger partial charge in [-0.2, -0.15) is 0 Å². The molecule has 0 spiro atoms. The van der Waals surface area contributed by atoms with Gasteiger partial charge in [0.15, 0.2) is 0 Å². The maximum Gasteiger partial charge on any atom is 0.113 e. The van der Waals surface area contributed by atoms with Gasteiger partial charge in [-0.1, -0.05) is 47.8 Å². The fourth-order valence-electron chi connectivity index (χ4n) is 0. The largest absolute Gasteiger partial charge is 0.113 e. The van der Waals surface area contributed by atoms with Gasteiger partial charge >= 0.3 is 0 Å². The van der Waals surface area contributed by atoms with Crippen molar-refractivity contribution in [2.24, 2.45) is 0 Å². The molecule has 0 N–H and O–H groups in total. The second-order valence-corrected chi connectivity index (χ2v) is 14.6. The van der Waals surface area contributed by atoms with Crippen LogP contribution < -0.4 is 0 Å². The summed E-state index contributed by atoms with van der Waals surface area (Å²) in [5.74, 6) is 0. The fourth-order valence-corrected chi connectivity index (χ4v) is 0. The lowest BCUT2D eigenvalue weighted by Crippen LogP contribution is -1.93. The van der Waals surface area contributed by atoms with Gasteiger partial charge in [-0.05, 0) is 0 Å². The molecule has 0 saturated carbocycles. The summed E-state index contributed by atoms with van der Waals surface area (Å²) in [4.78, 5) is 0. The summed E-state index contributed by atoms with van der Waals surface area (Å²) in [7, 11) is 1.06. The molecule has 0 bridgehead atoms. The Balaban J connectivity index is 3.02. The molecule has 0 aliphatic carbocycles. The molecule has 32 valence electrons. The van der Waals surface area contributed by atoms with Gasteiger partial charge in [0.25, 0.3) is 0 Å². The van der Waals surface area contributed by atoms with Gasteiger partial charge in [-0.3, -0.25) is 0 Å². The number of hydrogen-bond acceptors (Lipinski definition) is 0. The summed E-state index contributed by atoms with van der Waals surface area (Å²) in [5.41, 5.74) is 0. The van der Waals surface area contributed by atoms with Crippen molar-refractivity contribution >= 4 is 58.0 Å². The van der Waals surface area contributed by atoms with Crippen LogP contribution in [0.4, 0.5) is 0 Å². The molecular weight excluding hydrogens is 280 g/mol. The minimum absolute atomic E-state index is 0.0764. The Morgan fingerprint density at radius 3 is 1.20 bits per heavy atom. The molecular formula is CH3Br3Si. The van der Waals surface area contributed by atoms with Crippen LogP contribution in [0.15, 0.2) is 0 Å². The van der Waals surface area contributed by atoms with Crippen LogP contribution in [-0.2, 0) is 0 Å². The molecule has 0 aliphatic rings. The van der Waals surface area contributed by atoms with Crippen molar-refractivity contribution < 1.29 is 0 Å². The lowest BCUT2D eigenvalue weighted by Gasteiger charge is -1.96. The zero-order valence-electron chi connectivity index (χ0n) is 2.63. The average Bonchev–Trinajstić information content (AvgIpc) is 0.722. The number of alkyl halides is 3. The minimum Gasteiger partial charge on any atom is -0.0653 e. The van der Waals surface area contributed by atoms with Crippen LogP contribution in [0.25, 0.3) is 0 Å². The maximum absolute atomic E-state index is 3.27. The van der Waals surface area contributed by atoms with Gasteiger partial charge in [-0.15, -0.1) is 0 Å². The van der Waals surface area contributed by atoms with E-state index in [9.17, 15) is 0 Å². The van der Waals surface area contributed by atoms with Gasteiger partial charge in [0.2, 0.25) is 0 Å². The molecule has 0 nitrogen and oxygen atoms in total. The molecule has 5 heavy (non-hydrogen) atoms. The van der Waals surface area contributed by atoms with E-state index in [2.05, 4.69) is 47.8 Å². The van der Waals surface area contributed by atoms with Crippen molar-refractivity contribution in [2.75, 3.05) is 0 Å². The first kappa shape index (κ1) is 6.66. The van der Waals surface area contributed by atoms with E-state index in [1.165, 1.54) is 0 Å². The smallest absolute Gasteiger partial charge is 0.0653 e. The van der Waals surface area contributed by atoms with Crippen LogP contribution >= 0.6 is 47.8 Å². The quantitative estimate of drug-likeness (QED) is 0.462. The van der Waals surface area contributed by atoms with Crippen LogP contribution in [0, 0.1) is 0 Å². The average molecular weight is 283 g/mol. The normalized spacial score (nSPS) is 12.6. The third kappa shape index (κ3) is 27.6. The van der Waals surface area contributed by atoms with Gasteiger partial charge in [0, 0.05) is 0 Å². The SMILES string of the molecule is [SiH3]C(Br)(Br)Br. The highest BCUT2D eigenvalue weighted by Gasteiger charge is 2.04. The number of rotatable bonds is 0. The predicted molar refractivity (Wildman–Crippen MR) is 39.5 cm³/mol. The van der Waals surface area contributed by atoms with Crippen molar-refractivity contribution in [3.05, 3.63) is 0 Å². The molecule has 4 heteroatoms. The molecule has 0 heterocycles. The monoisotopic (exact) mass is 280 g/mol. The Morgan fingerprint density at radius 2 is 1.20 bits per heavy atom. The Morgan fingerprint density at radius 1 is 1.20 bits per heavy atom. The summed E-state index contributed by atoms with van der Waals surface area (Å²) < 4.78 is 0.0764. The zero-order valence-corrected chi connectivity index (χ0v) is 9.39. The van der Waals surface area contributed by atoms with Crippen molar-refractivity contribution in [1.82, 2.24) is 0 Å². The molecule has 0 unspecified atom stereocenters. The Hall–Kier alpha value is 1.66. The van der Waals surface area contributed by atoms with Gasteiger partial charge < -0.3 is 0 Å². The minimum atomic E-state index is 0.0764. The third-order valence-corrected chi connectivity index (χ3v) is 0. The van der Waals surface area contributed by atoms with Crippen molar-refractivity contribution in [2.45, 2.75) is 1.77 Å². The van der Waals surface area contributed by atoms with Gasteiger partial charge in [-0.25, -0.2) is 0 Å². The molecule has 0 aromatic heterocycles. The number of halogens is 3. The van der Waals surface area contributed by atoms with E-state index in [0.29, 0.717) is 0 Å². The Labute approximate surface area is 59.5 Å². The summed E-state index contributed by atoms with van der Waals surface area (Å²) in [6.45, 7) is 0. The molecule has 0 aromatic rings. The molecule has 0 rings (SSSR count). The van der Waals surface area contributed by atoms with Crippen molar-refractivity contribution in [1.29, 1.82) is 0 Å². The molecule has 0 fully saturated rings. The summed E-state index contributed by atoms with van der Waals surface area (Å²) in [6, 6.07) is 0. The standard InChI is InChI=1S/CH3Br3Si/c2-1(3,4)5/h5H3. The first-order valence-electron chi connectivity index (χ1n) is 1.07. The molecule has 0 radical (unpaired) electrons. The summed E-state index contributed by atoms with van der Waals surface area (Å²) in [6.07, 6.45) is 0. The topological polar surface area (TPSA) is 0 Å². The molecule has 0 amide bonds. The van der Waals surface area contributed by atoms with E-state index >= 15 is 0 Å². The van der Waals surface area contributed by atoms with E-state index in [1.807, 2.05) is 0 Å².